The van der Waals surface area contributed by atoms with Crippen molar-refractivity contribution in [1.82, 2.24) is 0 Å². The van der Waals surface area contributed by atoms with E-state index >= 15 is 0 Å². The lowest BCUT2D eigenvalue weighted by atomic mass is 9.86. The fourth-order valence-corrected chi connectivity index (χ4v) is 3.83. The predicted molar refractivity (Wildman–Crippen MR) is 76.9 cm³/mol. The average molecular weight is 285 g/mol. The van der Waals surface area contributed by atoms with Gasteiger partial charge in [-0.2, -0.15) is 5.26 Å². The zero-order valence-electron chi connectivity index (χ0n) is 12.2. The Hall–Kier alpha value is -2.02. The Kier molecular flexibility index (Phi) is 3.83. The largest absolute Gasteiger partial charge is 0.493 e. The number of nitrogens with zero attached hydrogens (tertiary/aromatic N) is 1. The summed E-state index contributed by atoms with van der Waals surface area (Å²) < 4.78 is 10.6. The fraction of sp³-hybridized carbons (Fsp3) is 0.529. The normalized spacial score (nSPS) is 26.4. The van der Waals surface area contributed by atoms with Crippen LogP contribution in [0.5, 0.6) is 11.5 Å². The molecule has 4 nitrogen and oxygen atoms in total. The number of carbonyl (C=O) groups is 1. The van der Waals surface area contributed by atoms with Crippen molar-refractivity contribution in [2.45, 2.75) is 32.1 Å². The quantitative estimate of drug-likeness (QED) is 0.629. The summed E-state index contributed by atoms with van der Waals surface area (Å²) in [5, 5.41) is 8.87. The second kappa shape index (κ2) is 5.77. The molecule has 0 aliphatic heterocycles. The minimum absolute atomic E-state index is 0.199. The van der Waals surface area contributed by atoms with Gasteiger partial charge in [-0.3, -0.25) is 4.79 Å². The van der Waals surface area contributed by atoms with E-state index in [1.54, 1.807) is 18.2 Å². The van der Waals surface area contributed by atoms with Crippen molar-refractivity contribution >= 4 is 5.97 Å². The first-order valence-corrected chi connectivity index (χ1v) is 7.48. The highest BCUT2D eigenvalue weighted by Gasteiger charge is 2.40. The third-order valence-electron chi connectivity index (χ3n) is 4.83. The van der Waals surface area contributed by atoms with Gasteiger partial charge in [0.1, 0.15) is 0 Å². The Morgan fingerprint density at radius 3 is 2.81 bits per heavy atom. The summed E-state index contributed by atoms with van der Waals surface area (Å²) in [5.74, 6) is 2.65. The van der Waals surface area contributed by atoms with E-state index < -0.39 is 0 Å². The van der Waals surface area contributed by atoms with Crippen LogP contribution in [0.4, 0.5) is 0 Å². The van der Waals surface area contributed by atoms with Gasteiger partial charge in [0.2, 0.25) is 0 Å². The van der Waals surface area contributed by atoms with Crippen molar-refractivity contribution in [1.29, 1.82) is 5.26 Å². The summed E-state index contributed by atoms with van der Waals surface area (Å²) in [6.45, 7) is 0. The first-order valence-electron chi connectivity index (χ1n) is 7.48. The maximum Gasteiger partial charge on any atom is 0.311 e. The van der Waals surface area contributed by atoms with Crippen LogP contribution in [0.1, 0.15) is 37.7 Å². The Balaban J connectivity index is 1.63. The number of fused-ring (bicyclic) bond motifs is 2. The van der Waals surface area contributed by atoms with E-state index in [1.165, 1.54) is 32.8 Å². The number of carbonyl (C=O) groups excluding carboxylic acids is 1. The molecule has 2 aliphatic carbocycles. The Morgan fingerprint density at radius 2 is 2.19 bits per heavy atom. The molecule has 1 aromatic carbocycles. The van der Waals surface area contributed by atoms with Crippen LogP contribution in [0, 0.1) is 29.1 Å². The van der Waals surface area contributed by atoms with Crippen LogP contribution in [-0.4, -0.2) is 13.1 Å². The number of nitriles is 1. The SMILES string of the molecule is COc1cc(C#N)ccc1OC(=O)C[C@@H]1C[C@H]2CC[C@H]1C2. The van der Waals surface area contributed by atoms with Crippen LogP contribution < -0.4 is 9.47 Å². The van der Waals surface area contributed by atoms with Crippen molar-refractivity contribution in [3.8, 4) is 17.6 Å². The highest BCUT2D eigenvalue weighted by molar-refractivity contribution is 5.73. The molecule has 2 fully saturated rings. The lowest BCUT2D eigenvalue weighted by molar-refractivity contribution is -0.136. The molecule has 4 heteroatoms. The number of methoxy groups -OCH3 is 1. The number of rotatable bonds is 4. The molecule has 2 bridgehead atoms. The van der Waals surface area contributed by atoms with Gasteiger partial charge in [0, 0.05) is 12.5 Å². The van der Waals surface area contributed by atoms with Gasteiger partial charge in [-0.05, 0) is 49.1 Å². The van der Waals surface area contributed by atoms with Crippen LogP contribution in [0.25, 0.3) is 0 Å². The van der Waals surface area contributed by atoms with Crippen molar-refractivity contribution in [2.24, 2.45) is 17.8 Å². The van der Waals surface area contributed by atoms with Gasteiger partial charge in [-0.25, -0.2) is 0 Å². The summed E-state index contributed by atoms with van der Waals surface area (Å²) in [4.78, 5) is 12.1. The fourth-order valence-electron chi connectivity index (χ4n) is 3.83. The topological polar surface area (TPSA) is 59.3 Å². The molecule has 0 saturated heterocycles. The van der Waals surface area contributed by atoms with Crippen molar-refractivity contribution < 1.29 is 14.3 Å². The molecule has 0 heterocycles. The van der Waals surface area contributed by atoms with Crippen LogP contribution in [0.3, 0.4) is 0 Å². The van der Waals surface area contributed by atoms with E-state index in [4.69, 9.17) is 14.7 Å². The Morgan fingerprint density at radius 1 is 1.33 bits per heavy atom. The van der Waals surface area contributed by atoms with E-state index in [9.17, 15) is 4.79 Å². The molecular formula is C17H19NO3. The third-order valence-corrected chi connectivity index (χ3v) is 4.83. The van der Waals surface area contributed by atoms with Gasteiger partial charge in [-0.1, -0.05) is 6.42 Å². The van der Waals surface area contributed by atoms with E-state index in [-0.39, 0.29) is 5.97 Å². The van der Waals surface area contributed by atoms with Crippen molar-refractivity contribution in [3.63, 3.8) is 0 Å². The predicted octanol–water partition coefficient (Wildman–Crippen LogP) is 3.30. The zero-order valence-corrected chi connectivity index (χ0v) is 12.2. The van der Waals surface area contributed by atoms with Crippen molar-refractivity contribution in [3.05, 3.63) is 23.8 Å². The minimum Gasteiger partial charge on any atom is -0.493 e. The van der Waals surface area contributed by atoms with Gasteiger partial charge in [-0.15, -0.1) is 0 Å². The van der Waals surface area contributed by atoms with E-state index in [0.29, 0.717) is 35.3 Å². The molecule has 3 atom stereocenters. The number of ether oxygens (including phenoxy) is 2. The number of esters is 1. The van der Waals surface area contributed by atoms with Crippen LogP contribution in [-0.2, 0) is 4.79 Å². The van der Waals surface area contributed by atoms with Crippen LogP contribution in [0.15, 0.2) is 18.2 Å². The molecule has 1 aromatic rings. The standard InChI is InChI=1S/C17H19NO3/c1-20-16-8-12(10-18)3-5-15(16)21-17(19)9-14-7-11-2-4-13(14)6-11/h3,5,8,11,13-14H,2,4,6-7,9H2,1H3/t11-,13-,14-/m0/s1. The molecule has 2 saturated carbocycles. The molecule has 0 aromatic heterocycles. The van der Waals surface area contributed by atoms with E-state index in [2.05, 4.69) is 0 Å². The first-order chi connectivity index (χ1) is 10.2. The van der Waals surface area contributed by atoms with E-state index in [1.807, 2.05) is 6.07 Å². The lowest BCUT2D eigenvalue weighted by Gasteiger charge is -2.20. The maximum atomic E-state index is 12.1. The highest BCUT2D eigenvalue weighted by atomic mass is 16.6. The average Bonchev–Trinajstić information content (AvgIpc) is 3.10. The molecule has 0 spiro atoms. The third kappa shape index (κ3) is 2.87. The molecule has 21 heavy (non-hydrogen) atoms. The van der Waals surface area contributed by atoms with Crippen molar-refractivity contribution in [2.75, 3.05) is 7.11 Å². The number of benzene rings is 1. The van der Waals surface area contributed by atoms with Gasteiger partial charge in [0.15, 0.2) is 11.5 Å². The molecule has 3 rings (SSSR count). The lowest BCUT2D eigenvalue weighted by Crippen LogP contribution is -2.18. The number of hydrogen-bond donors (Lipinski definition) is 0. The van der Waals surface area contributed by atoms with Gasteiger partial charge in [0.05, 0.1) is 18.7 Å². The van der Waals surface area contributed by atoms with Gasteiger partial charge < -0.3 is 9.47 Å². The Labute approximate surface area is 124 Å². The molecule has 0 amide bonds. The maximum absolute atomic E-state index is 12.1. The highest BCUT2D eigenvalue weighted by Crippen LogP contribution is 2.49. The minimum atomic E-state index is -0.199. The second-order valence-electron chi connectivity index (χ2n) is 6.09. The van der Waals surface area contributed by atoms with Crippen LogP contribution in [0.2, 0.25) is 0 Å². The number of hydrogen-bond acceptors (Lipinski definition) is 4. The summed E-state index contributed by atoms with van der Waals surface area (Å²) >= 11 is 0. The molecule has 110 valence electrons. The zero-order chi connectivity index (χ0) is 14.8. The Bertz CT molecular complexity index is 590. The summed E-state index contributed by atoms with van der Waals surface area (Å²) in [5.41, 5.74) is 0.486. The second-order valence-corrected chi connectivity index (χ2v) is 6.09. The van der Waals surface area contributed by atoms with Gasteiger partial charge in [0.25, 0.3) is 0 Å². The molecule has 0 radical (unpaired) electrons. The summed E-state index contributed by atoms with van der Waals surface area (Å²) in [7, 11) is 1.50. The molecule has 2 aliphatic rings. The molecule has 0 unspecified atom stereocenters. The smallest absolute Gasteiger partial charge is 0.311 e. The van der Waals surface area contributed by atoms with E-state index in [0.717, 1.165) is 5.92 Å². The van der Waals surface area contributed by atoms with Crippen LogP contribution >= 0.6 is 0 Å². The van der Waals surface area contributed by atoms with Gasteiger partial charge >= 0.3 is 5.97 Å². The summed E-state index contributed by atoms with van der Waals surface area (Å²) in [6, 6.07) is 6.87. The first kappa shape index (κ1) is 13.9. The monoisotopic (exact) mass is 285 g/mol. The molecular weight excluding hydrogens is 266 g/mol. The summed E-state index contributed by atoms with van der Waals surface area (Å²) in [6.07, 6.45) is 5.55. The molecule has 0 N–H and O–H groups in total.